The molecule has 25 heavy (non-hydrogen) atoms. The average Bonchev–Trinajstić information content (AvgIpc) is 3.32. The number of aromatic nitrogens is 1. The smallest absolute Gasteiger partial charge is 0.305 e. The molecule has 1 aromatic heterocycles. The molecule has 0 spiro atoms. The Kier molecular flexibility index (Phi) is 3.68. The van der Waals surface area contributed by atoms with Crippen molar-refractivity contribution in [3.63, 3.8) is 0 Å². The lowest BCUT2D eigenvalue weighted by molar-refractivity contribution is 0.306. The Hall–Kier alpha value is -1.40. The number of ether oxygens (including phenoxy) is 2. The highest BCUT2D eigenvalue weighted by molar-refractivity contribution is 8.00. The Morgan fingerprint density at radius 2 is 1.92 bits per heavy atom. The fourth-order valence-corrected chi connectivity index (χ4v) is 8.16. The quantitative estimate of drug-likeness (QED) is 0.877. The third kappa shape index (κ3) is 2.30. The summed E-state index contributed by atoms with van der Waals surface area (Å²) in [6.45, 7) is 0. The summed E-state index contributed by atoms with van der Waals surface area (Å²) in [7, 11) is 3.34. The first-order chi connectivity index (χ1) is 12.2. The van der Waals surface area contributed by atoms with Crippen LogP contribution in [0.15, 0.2) is 28.0 Å². The number of fused-ring (bicyclic) bond motifs is 6. The minimum absolute atomic E-state index is 0.0651. The largest absolute Gasteiger partial charge is 0.493 e. The topological polar surface area (TPSA) is 51.3 Å². The van der Waals surface area contributed by atoms with Gasteiger partial charge in [-0.3, -0.25) is 4.79 Å². The van der Waals surface area contributed by atoms with E-state index in [1.807, 2.05) is 17.8 Å². The highest BCUT2D eigenvalue weighted by Gasteiger charge is 2.54. The summed E-state index contributed by atoms with van der Waals surface area (Å²) < 4.78 is 10.9. The molecule has 2 fully saturated rings. The SMILES string of the molecule is COc1ccc([C@H]2c3sc(=O)[nH]c3S[C@H]3[C@@H]4CC[C@H](C4)[C@H]23)cc1OC. The molecule has 3 aliphatic rings. The molecule has 132 valence electrons. The second-order valence-corrected chi connectivity index (χ2v) is 9.50. The van der Waals surface area contributed by atoms with Crippen molar-refractivity contribution in [3.05, 3.63) is 38.3 Å². The monoisotopic (exact) mass is 375 g/mol. The van der Waals surface area contributed by atoms with Crippen molar-refractivity contribution in [2.45, 2.75) is 35.5 Å². The zero-order valence-electron chi connectivity index (χ0n) is 14.3. The van der Waals surface area contributed by atoms with Crippen molar-refractivity contribution >= 4 is 23.1 Å². The molecule has 5 rings (SSSR count). The zero-order valence-corrected chi connectivity index (χ0v) is 15.9. The fourth-order valence-electron chi connectivity index (χ4n) is 5.27. The summed E-state index contributed by atoms with van der Waals surface area (Å²) in [5, 5.41) is 1.73. The normalized spacial score (nSPS) is 32.3. The van der Waals surface area contributed by atoms with E-state index in [9.17, 15) is 4.79 Å². The van der Waals surface area contributed by atoms with E-state index in [0.717, 1.165) is 28.4 Å². The van der Waals surface area contributed by atoms with Crippen LogP contribution >= 0.6 is 23.1 Å². The van der Waals surface area contributed by atoms with Crippen molar-refractivity contribution in [2.24, 2.45) is 17.8 Å². The van der Waals surface area contributed by atoms with E-state index < -0.39 is 0 Å². The standard InChI is InChI=1S/C19H21NO3S2/c1-22-12-6-5-10(8-13(12)23-2)15-14-9-3-4-11(7-9)16(14)24-18-17(15)25-19(21)20-18/h5-6,8-9,11,14-16H,3-4,7H2,1-2H3,(H,20,21)/t9-,11-,14-,15-,16+/m1/s1. The van der Waals surface area contributed by atoms with Crippen molar-refractivity contribution in [1.82, 2.24) is 4.98 Å². The molecule has 1 aliphatic heterocycles. The molecule has 6 heteroatoms. The van der Waals surface area contributed by atoms with Crippen LogP contribution in [-0.2, 0) is 0 Å². The third-order valence-electron chi connectivity index (χ3n) is 6.23. The number of thioether (sulfide) groups is 1. The van der Waals surface area contributed by atoms with Crippen LogP contribution in [0.25, 0.3) is 0 Å². The Bertz CT molecular complexity index is 874. The average molecular weight is 376 g/mol. The molecule has 2 saturated carbocycles. The number of hydrogen-bond acceptors (Lipinski definition) is 5. The van der Waals surface area contributed by atoms with E-state index in [1.54, 1.807) is 14.2 Å². The highest BCUT2D eigenvalue weighted by Crippen LogP contribution is 2.63. The van der Waals surface area contributed by atoms with Gasteiger partial charge in [0.1, 0.15) is 0 Å². The third-order valence-corrected chi connectivity index (χ3v) is 8.86. The maximum absolute atomic E-state index is 12.1. The Morgan fingerprint density at radius 3 is 2.72 bits per heavy atom. The number of hydrogen-bond donors (Lipinski definition) is 1. The first-order valence-electron chi connectivity index (χ1n) is 8.81. The Labute approximate surface area is 154 Å². The first-order valence-corrected chi connectivity index (χ1v) is 10.5. The van der Waals surface area contributed by atoms with Crippen LogP contribution in [0.3, 0.4) is 0 Å². The maximum Gasteiger partial charge on any atom is 0.305 e. The van der Waals surface area contributed by atoms with Crippen LogP contribution in [0.2, 0.25) is 0 Å². The Balaban J connectivity index is 1.66. The highest BCUT2D eigenvalue weighted by atomic mass is 32.2. The van der Waals surface area contributed by atoms with Gasteiger partial charge in [0.15, 0.2) is 11.5 Å². The van der Waals surface area contributed by atoms with Crippen molar-refractivity contribution in [2.75, 3.05) is 14.2 Å². The van der Waals surface area contributed by atoms with Gasteiger partial charge in [0.05, 0.1) is 19.2 Å². The fraction of sp³-hybridized carbons (Fsp3) is 0.526. The lowest BCUT2D eigenvalue weighted by Crippen LogP contribution is -2.33. The van der Waals surface area contributed by atoms with Gasteiger partial charge in [-0.1, -0.05) is 17.4 Å². The second-order valence-electron chi connectivity index (χ2n) is 7.29. The van der Waals surface area contributed by atoms with Crippen LogP contribution in [0.1, 0.15) is 35.6 Å². The lowest BCUT2D eigenvalue weighted by atomic mass is 9.75. The van der Waals surface area contributed by atoms with Crippen LogP contribution < -0.4 is 14.3 Å². The van der Waals surface area contributed by atoms with Crippen LogP contribution in [-0.4, -0.2) is 24.5 Å². The zero-order chi connectivity index (χ0) is 17.1. The number of H-pyrrole nitrogens is 1. The predicted molar refractivity (Wildman–Crippen MR) is 100 cm³/mol. The minimum Gasteiger partial charge on any atom is -0.493 e. The van der Waals surface area contributed by atoms with Crippen LogP contribution in [0.4, 0.5) is 0 Å². The second kappa shape index (κ2) is 5.81. The number of nitrogens with one attached hydrogen (secondary N) is 1. The molecule has 2 aliphatic carbocycles. The maximum atomic E-state index is 12.1. The van der Waals surface area contributed by atoms with Gasteiger partial charge in [-0.25, -0.2) is 0 Å². The van der Waals surface area contributed by atoms with E-state index in [0.29, 0.717) is 17.1 Å². The summed E-state index contributed by atoms with van der Waals surface area (Å²) in [6.07, 6.45) is 4.04. The van der Waals surface area contributed by atoms with Crippen molar-refractivity contribution < 1.29 is 9.47 Å². The lowest BCUT2D eigenvalue weighted by Gasteiger charge is -2.40. The molecule has 5 atom stereocenters. The molecule has 0 unspecified atom stereocenters. The number of benzene rings is 1. The number of rotatable bonds is 3. The van der Waals surface area contributed by atoms with Gasteiger partial charge in [-0.05, 0) is 54.7 Å². The number of methoxy groups -OCH3 is 2. The summed E-state index contributed by atoms with van der Waals surface area (Å²) in [5.74, 6) is 4.03. The van der Waals surface area contributed by atoms with Crippen LogP contribution in [0.5, 0.6) is 11.5 Å². The van der Waals surface area contributed by atoms with Gasteiger partial charge in [-0.2, -0.15) is 0 Å². The van der Waals surface area contributed by atoms with E-state index >= 15 is 0 Å². The van der Waals surface area contributed by atoms with Gasteiger partial charge >= 0.3 is 4.87 Å². The molecule has 1 aromatic carbocycles. The molecule has 0 amide bonds. The molecular formula is C19H21NO3S2. The summed E-state index contributed by atoms with van der Waals surface area (Å²) >= 11 is 3.32. The van der Waals surface area contributed by atoms with Crippen molar-refractivity contribution in [3.8, 4) is 11.5 Å². The predicted octanol–water partition coefficient (Wildman–Crippen LogP) is 4.11. The van der Waals surface area contributed by atoms with Gasteiger partial charge < -0.3 is 14.5 Å². The molecule has 0 radical (unpaired) electrons. The molecule has 2 heterocycles. The van der Waals surface area contributed by atoms with Gasteiger partial charge in [0.25, 0.3) is 0 Å². The summed E-state index contributed by atoms with van der Waals surface area (Å²) in [6, 6.07) is 6.25. The number of thiazole rings is 1. The molecule has 2 bridgehead atoms. The molecule has 0 saturated heterocycles. The summed E-state index contributed by atoms with van der Waals surface area (Å²) in [5.41, 5.74) is 1.25. The molecule has 2 aromatic rings. The van der Waals surface area contributed by atoms with Gasteiger partial charge in [0, 0.05) is 16.0 Å². The Morgan fingerprint density at radius 1 is 1.12 bits per heavy atom. The first kappa shape index (κ1) is 15.8. The van der Waals surface area contributed by atoms with E-state index in [2.05, 4.69) is 17.1 Å². The van der Waals surface area contributed by atoms with Gasteiger partial charge in [-0.15, -0.1) is 11.8 Å². The van der Waals surface area contributed by atoms with E-state index in [1.165, 1.54) is 41.0 Å². The van der Waals surface area contributed by atoms with Crippen LogP contribution in [0, 0.1) is 17.8 Å². The number of aromatic amines is 1. The molecule has 4 nitrogen and oxygen atoms in total. The molecular weight excluding hydrogens is 354 g/mol. The van der Waals surface area contributed by atoms with Crippen molar-refractivity contribution in [1.29, 1.82) is 0 Å². The summed E-state index contributed by atoms with van der Waals surface area (Å²) in [4.78, 5) is 16.4. The van der Waals surface area contributed by atoms with E-state index in [-0.39, 0.29) is 4.87 Å². The van der Waals surface area contributed by atoms with E-state index in [4.69, 9.17) is 9.47 Å². The van der Waals surface area contributed by atoms with Gasteiger partial charge in [0.2, 0.25) is 0 Å². The molecule has 1 N–H and O–H groups in total. The minimum atomic E-state index is 0.0651.